The highest BCUT2D eigenvalue weighted by Crippen LogP contribution is 2.03. The van der Waals surface area contributed by atoms with Crippen LogP contribution in [0.1, 0.15) is 26.7 Å². The molecule has 0 radical (unpaired) electrons. The Kier molecular flexibility index (Phi) is 5.32. The lowest BCUT2D eigenvalue weighted by Crippen LogP contribution is -2.27. The molecule has 0 fully saturated rings. The lowest BCUT2D eigenvalue weighted by Gasteiger charge is -2.13. The zero-order chi connectivity index (χ0) is 12.0. The molecule has 1 rings (SSSR count). The van der Waals surface area contributed by atoms with Crippen LogP contribution in [0.15, 0.2) is 17.2 Å². The quantitative estimate of drug-likeness (QED) is 0.779. The van der Waals surface area contributed by atoms with E-state index in [0.717, 1.165) is 12.8 Å². The maximum absolute atomic E-state index is 11.8. The number of aryl methyl sites for hydroxylation is 1. The molecule has 5 heteroatoms. The van der Waals surface area contributed by atoms with Gasteiger partial charge in [-0.3, -0.25) is 4.79 Å². The van der Waals surface area contributed by atoms with Crippen molar-refractivity contribution in [2.45, 2.75) is 39.3 Å². The van der Waals surface area contributed by atoms with Crippen LogP contribution in [0.25, 0.3) is 0 Å². The number of anilines is 1. The smallest absolute Gasteiger partial charge is 0.293 e. The molecule has 0 aliphatic rings. The van der Waals surface area contributed by atoms with E-state index in [1.54, 1.807) is 17.0 Å². The average Bonchev–Trinajstić information content (AvgIpc) is 2.29. The van der Waals surface area contributed by atoms with Crippen molar-refractivity contribution in [1.29, 1.82) is 0 Å². The van der Waals surface area contributed by atoms with Crippen LogP contribution >= 0.6 is 11.6 Å². The molecule has 0 amide bonds. The van der Waals surface area contributed by atoms with Crippen molar-refractivity contribution in [3.8, 4) is 0 Å². The highest BCUT2D eigenvalue weighted by atomic mass is 35.5. The Balaban J connectivity index is 2.70. The van der Waals surface area contributed by atoms with Crippen molar-refractivity contribution in [2.75, 3.05) is 11.2 Å². The van der Waals surface area contributed by atoms with Gasteiger partial charge in [-0.25, -0.2) is 4.98 Å². The zero-order valence-electron chi connectivity index (χ0n) is 9.74. The topological polar surface area (TPSA) is 46.9 Å². The Morgan fingerprint density at radius 2 is 2.38 bits per heavy atom. The highest BCUT2D eigenvalue weighted by molar-refractivity contribution is 6.17. The van der Waals surface area contributed by atoms with Gasteiger partial charge in [-0.05, 0) is 26.7 Å². The molecular formula is C11H18ClN3O. The predicted molar refractivity (Wildman–Crippen MR) is 67.2 cm³/mol. The van der Waals surface area contributed by atoms with Crippen molar-refractivity contribution < 1.29 is 0 Å². The number of hydrogen-bond donors (Lipinski definition) is 1. The van der Waals surface area contributed by atoms with Crippen molar-refractivity contribution in [2.24, 2.45) is 0 Å². The summed E-state index contributed by atoms with van der Waals surface area (Å²) >= 11 is 5.62. The number of nitrogens with zero attached hydrogens (tertiary/aromatic N) is 2. The minimum absolute atomic E-state index is 0.0669. The van der Waals surface area contributed by atoms with E-state index in [1.807, 2.05) is 13.8 Å². The van der Waals surface area contributed by atoms with Gasteiger partial charge in [0, 0.05) is 30.9 Å². The summed E-state index contributed by atoms with van der Waals surface area (Å²) in [5.41, 5.74) is -0.0669. The predicted octanol–water partition coefficient (Wildman–Crippen LogP) is 2.08. The number of hydrogen-bond acceptors (Lipinski definition) is 3. The molecule has 1 N–H and O–H groups in total. The van der Waals surface area contributed by atoms with Crippen LogP contribution < -0.4 is 10.9 Å². The van der Waals surface area contributed by atoms with E-state index in [9.17, 15) is 4.79 Å². The molecule has 0 bridgehead atoms. The molecule has 1 aromatic rings. The maximum atomic E-state index is 11.8. The van der Waals surface area contributed by atoms with Crippen molar-refractivity contribution >= 4 is 17.4 Å². The van der Waals surface area contributed by atoms with Gasteiger partial charge in [0.1, 0.15) is 0 Å². The van der Waals surface area contributed by atoms with Crippen LogP contribution in [0.5, 0.6) is 0 Å². The summed E-state index contributed by atoms with van der Waals surface area (Å²) in [6.45, 7) is 4.62. The van der Waals surface area contributed by atoms with Gasteiger partial charge in [-0.1, -0.05) is 0 Å². The van der Waals surface area contributed by atoms with E-state index < -0.39 is 0 Å². The first-order valence-electron chi connectivity index (χ1n) is 5.57. The Bertz CT molecular complexity index is 378. The number of nitrogens with one attached hydrogen (secondary N) is 1. The highest BCUT2D eigenvalue weighted by Gasteiger charge is 2.07. The van der Waals surface area contributed by atoms with Crippen LogP contribution in [-0.4, -0.2) is 21.5 Å². The Hall–Kier alpha value is -1.03. The normalized spacial score (nSPS) is 12.4. The molecule has 1 heterocycles. The van der Waals surface area contributed by atoms with E-state index in [-0.39, 0.29) is 11.6 Å². The van der Waals surface area contributed by atoms with Gasteiger partial charge in [0.2, 0.25) is 0 Å². The number of alkyl halides is 1. The van der Waals surface area contributed by atoms with E-state index >= 15 is 0 Å². The lowest BCUT2D eigenvalue weighted by molar-refractivity contribution is 0.676. The molecule has 0 spiro atoms. The molecule has 0 aliphatic heterocycles. The van der Waals surface area contributed by atoms with E-state index in [1.165, 1.54) is 0 Å². The molecule has 1 aromatic heterocycles. The summed E-state index contributed by atoms with van der Waals surface area (Å²) in [6, 6.07) is 0.214. The standard InChI is InChI=1S/C11H18ClN3O/c1-3-15-8-7-13-10(11(15)16)14-9(2)5-4-6-12/h7-9H,3-6H2,1-2H3,(H,13,14). The molecule has 90 valence electrons. The molecule has 16 heavy (non-hydrogen) atoms. The van der Waals surface area contributed by atoms with Crippen LogP contribution in [0.2, 0.25) is 0 Å². The molecule has 1 unspecified atom stereocenters. The van der Waals surface area contributed by atoms with Gasteiger partial charge < -0.3 is 9.88 Å². The fraction of sp³-hybridized carbons (Fsp3) is 0.636. The molecule has 1 atom stereocenters. The second-order valence-electron chi connectivity index (χ2n) is 3.74. The Labute approximate surface area is 101 Å². The first kappa shape index (κ1) is 13.0. The van der Waals surface area contributed by atoms with Gasteiger partial charge in [-0.2, -0.15) is 0 Å². The SMILES string of the molecule is CCn1ccnc(NC(C)CCCCl)c1=O. The molecular weight excluding hydrogens is 226 g/mol. The number of rotatable bonds is 6. The molecule has 0 saturated heterocycles. The third-order valence-corrected chi connectivity index (χ3v) is 2.68. The second kappa shape index (κ2) is 6.53. The zero-order valence-corrected chi connectivity index (χ0v) is 10.5. The van der Waals surface area contributed by atoms with Gasteiger partial charge in [0.25, 0.3) is 5.56 Å². The summed E-state index contributed by atoms with van der Waals surface area (Å²) in [5.74, 6) is 1.07. The fourth-order valence-corrected chi connectivity index (χ4v) is 1.64. The molecule has 4 nitrogen and oxygen atoms in total. The molecule has 0 aliphatic carbocycles. The lowest BCUT2D eigenvalue weighted by atomic mass is 10.2. The number of halogens is 1. The number of aromatic nitrogens is 2. The summed E-state index contributed by atoms with van der Waals surface area (Å²) in [6.07, 6.45) is 5.20. The van der Waals surface area contributed by atoms with Crippen molar-refractivity contribution in [3.63, 3.8) is 0 Å². The molecule has 0 aromatic carbocycles. The summed E-state index contributed by atoms with van der Waals surface area (Å²) in [7, 11) is 0. The van der Waals surface area contributed by atoms with E-state index in [2.05, 4.69) is 10.3 Å². The van der Waals surface area contributed by atoms with Crippen LogP contribution in [0, 0.1) is 0 Å². The minimum atomic E-state index is -0.0669. The van der Waals surface area contributed by atoms with Gasteiger partial charge in [-0.15, -0.1) is 11.6 Å². The Morgan fingerprint density at radius 3 is 3.00 bits per heavy atom. The van der Waals surface area contributed by atoms with Crippen LogP contribution in [0.4, 0.5) is 5.82 Å². The largest absolute Gasteiger partial charge is 0.363 e. The third kappa shape index (κ3) is 3.52. The first-order chi connectivity index (χ1) is 7.69. The summed E-state index contributed by atoms with van der Waals surface area (Å²) in [4.78, 5) is 15.9. The van der Waals surface area contributed by atoms with Crippen LogP contribution in [0.3, 0.4) is 0 Å². The third-order valence-electron chi connectivity index (χ3n) is 2.41. The van der Waals surface area contributed by atoms with Gasteiger partial charge in [0.05, 0.1) is 0 Å². The van der Waals surface area contributed by atoms with Crippen molar-refractivity contribution in [1.82, 2.24) is 9.55 Å². The Morgan fingerprint density at radius 1 is 1.62 bits per heavy atom. The van der Waals surface area contributed by atoms with Gasteiger partial charge >= 0.3 is 0 Å². The molecule has 0 saturated carbocycles. The second-order valence-corrected chi connectivity index (χ2v) is 4.12. The van der Waals surface area contributed by atoms with Gasteiger partial charge in [0.15, 0.2) is 5.82 Å². The fourth-order valence-electron chi connectivity index (χ4n) is 1.48. The monoisotopic (exact) mass is 243 g/mol. The van der Waals surface area contributed by atoms with Crippen LogP contribution in [-0.2, 0) is 6.54 Å². The summed E-state index contributed by atoms with van der Waals surface area (Å²) < 4.78 is 1.63. The average molecular weight is 244 g/mol. The van der Waals surface area contributed by atoms with E-state index in [0.29, 0.717) is 18.2 Å². The maximum Gasteiger partial charge on any atom is 0.293 e. The first-order valence-corrected chi connectivity index (χ1v) is 6.10. The van der Waals surface area contributed by atoms with Crippen molar-refractivity contribution in [3.05, 3.63) is 22.7 Å². The minimum Gasteiger partial charge on any atom is -0.363 e. The van der Waals surface area contributed by atoms with E-state index in [4.69, 9.17) is 11.6 Å². The summed E-state index contributed by atoms with van der Waals surface area (Å²) in [5, 5.41) is 3.12.